The Hall–Kier alpha value is -1.42. The van der Waals surface area contributed by atoms with E-state index in [0.29, 0.717) is 23.8 Å². The predicted molar refractivity (Wildman–Crippen MR) is 63.3 cm³/mol. The lowest BCUT2D eigenvalue weighted by molar-refractivity contribution is 0.109. The van der Waals surface area contributed by atoms with E-state index in [1.807, 2.05) is 32.0 Å². The van der Waals surface area contributed by atoms with Crippen molar-refractivity contribution >= 4 is 0 Å². The van der Waals surface area contributed by atoms with E-state index < -0.39 is 5.60 Å². The molecule has 90 valence electrons. The molecule has 0 bridgehead atoms. The largest absolute Gasteiger partial charge is 0.493 e. The van der Waals surface area contributed by atoms with E-state index in [-0.39, 0.29) is 0 Å². The number of rotatable bonds is 5. The van der Waals surface area contributed by atoms with Gasteiger partial charge in [-0.3, -0.25) is 0 Å². The summed E-state index contributed by atoms with van der Waals surface area (Å²) >= 11 is 0. The van der Waals surface area contributed by atoms with Gasteiger partial charge in [-0.25, -0.2) is 0 Å². The predicted octanol–water partition coefficient (Wildman–Crippen LogP) is 1.82. The van der Waals surface area contributed by atoms with Crippen molar-refractivity contribution in [2.45, 2.75) is 19.4 Å². The lowest BCUT2D eigenvalue weighted by Crippen LogP contribution is -2.37. The van der Waals surface area contributed by atoms with Crippen molar-refractivity contribution in [3.8, 4) is 17.2 Å². The van der Waals surface area contributed by atoms with Gasteiger partial charge in [0.05, 0.1) is 14.2 Å². The van der Waals surface area contributed by atoms with Gasteiger partial charge in [-0.1, -0.05) is 6.07 Å². The fraction of sp³-hybridized carbons (Fsp3) is 0.500. The Labute approximate surface area is 96.3 Å². The highest BCUT2D eigenvalue weighted by molar-refractivity contribution is 5.51. The van der Waals surface area contributed by atoms with Crippen LogP contribution in [0.3, 0.4) is 0 Å². The quantitative estimate of drug-likeness (QED) is 0.830. The summed E-state index contributed by atoms with van der Waals surface area (Å²) < 4.78 is 16.3. The van der Waals surface area contributed by atoms with Crippen LogP contribution in [-0.4, -0.2) is 26.4 Å². The highest BCUT2D eigenvalue weighted by atomic mass is 16.5. The minimum Gasteiger partial charge on any atom is -0.493 e. The number of nitrogens with two attached hydrogens (primary N) is 1. The third-order valence-corrected chi connectivity index (χ3v) is 2.25. The van der Waals surface area contributed by atoms with Crippen LogP contribution in [0.1, 0.15) is 13.8 Å². The van der Waals surface area contributed by atoms with Crippen LogP contribution < -0.4 is 19.9 Å². The van der Waals surface area contributed by atoms with Crippen LogP contribution in [0.2, 0.25) is 0 Å². The molecule has 0 unspecified atom stereocenters. The Morgan fingerprint density at radius 1 is 1.12 bits per heavy atom. The molecule has 1 aromatic rings. The fourth-order valence-electron chi connectivity index (χ4n) is 1.24. The molecule has 0 spiro atoms. The first-order chi connectivity index (χ1) is 7.54. The van der Waals surface area contributed by atoms with Crippen molar-refractivity contribution in [2.24, 2.45) is 5.73 Å². The average Bonchev–Trinajstić information content (AvgIpc) is 2.29. The van der Waals surface area contributed by atoms with Gasteiger partial charge in [0.25, 0.3) is 0 Å². The zero-order valence-corrected chi connectivity index (χ0v) is 10.2. The Bertz CT molecular complexity index is 328. The average molecular weight is 225 g/mol. The topological polar surface area (TPSA) is 53.7 Å². The van der Waals surface area contributed by atoms with E-state index in [1.54, 1.807) is 14.2 Å². The molecule has 16 heavy (non-hydrogen) atoms. The van der Waals surface area contributed by atoms with E-state index in [0.717, 1.165) is 0 Å². The van der Waals surface area contributed by atoms with Crippen molar-refractivity contribution in [3.05, 3.63) is 18.2 Å². The monoisotopic (exact) mass is 225 g/mol. The molecular weight excluding hydrogens is 206 g/mol. The van der Waals surface area contributed by atoms with Crippen LogP contribution in [0, 0.1) is 0 Å². The second-order valence-corrected chi connectivity index (χ2v) is 4.06. The molecule has 4 heteroatoms. The van der Waals surface area contributed by atoms with Crippen molar-refractivity contribution in [2.75, 3.05) is 20.8 Å². The first kappa shape index (κ1) is 12.6. The zero-order chi connectivity index (χ0) is 12.2. The second-order valence-electron chi connectivity index (χ2n) is 4.06. The first-order valence-corrected chi connectivity index (χ1v) is 5.14. The van der Waals surface area contributed by atoms with E-state index in [9.17, 15) is 0 Å². The summed E-state index contributed by atoms with van der Waals surface area (Å²) in [6.45, 7) is 4.24. The van der Waals surface area contributed by atoms with Gasteiger partial charge in [0, 0.05) is 6.54 Å². The standard InChI is InChI=1S/C12H19NO3/c1-12(2,8-13)16-11-9(14-3)6-5-7-10(11)15-4/h5-7H,8,13H2,1-4H3. The van der Waals surface area contributed by atoms with Gasteiger partial charge in [0.1, 0.15) is 5.60 Å². The Morgan fingerprint density at radius 3 is 2.00 bits per heavy atom. The molecule has 4 nitrogen and oxygen atoms in total. The third kappa shape index (κ3) is 2.79. The minimum absolute atomic E-state index is 0.411. The van der Waals surface area contributed by atoms with Crippen LogP contribution in [0.4, 0.5) is 0 Å². The zero-order valence-electron chi connectivity index (χ0n) is 10.2. The molecule has 0 aromatic heterocycles. The van der Waals surface area contributed by atoms with Crippen LogP contribution in [0.25, 0.3) is 0 Å². The SMILES string of the molecule is COc1cccc(OC)c1OC(C)(C)CN. The van der Waals surface area contributed by atoms with E-state index >= 15 is 0 Å². The summed E-state index contributed by atoms with van der Waals surface area (Å²) in [6.07, 6.45) is 0. The molecule has 0 heterocycles. The molecule has 1 aromatic carbocycles. The van der Waals surface area contributed by atoms with Crippen molar-refractivity contribution in [1.29, 1.82) is 0 Å². The Morgan fingerprint density at radius 2 is 1.62 bits per heavy atom. The Balaban J connectivity index is 3.09. The molecule has 0 amide bonds. The molecule has 0 aliphatic heterocycles. The van der Waals surface area contributed by atoms with E-state index in [1.165, 1.54) is 0 Å². The molecule has 0 aliphatic carbocycles. The Kier molecular flexibility index (Phi) is 4.01. The maximum atomic E-state index is 5.82. The number of methoxy groups -OCH3 is 2. The molecular formula is C12H19NO3. The van der Waals surface area contributed by atoms with Gasteiger partial charge in [-0.05, 0) is 26.0 Å². The molecule has 0 saturated carbocycles. The number of hydrogen-bond acceptors (Lipinski definition) is 4. The van der Waals surface area contributed by atoms with E-state index in [4.69, 9.17) is 19.9 Å². The summed E-state index contributed by atoms with van der Waals surface area (Å²) in [4.78, 5) is 0. The lowest BCUT2D eigenvalue weighted by atomic mass is 10.1. The van der Waals surface area contributed by atoms with Crippen molar-refractivity contribution in [3.63, 3.8) is 0 Å². The second kappa shape index (κ2) is 5.07. The van der Waals surface area contributed by atoms with Crippen LogP contribution in [0.5, 0.6) is 17.2 Å². The van der Waals surface area contributed by atoms with Crippen molar-refractivity contribution in [1.82, 2.24) is 0 Å². The summed E-state index contributed by atoms with van der Waals surface area (Å²) in [5.74, 6) is 1.87. The normalized spacial score (nSPS) is 11.1. The number of ether oxygens (including phenoxy) is 3. The first-order valence-electron chi connectivity index (χ1n) is 5.14. The van der Waals surface area contributed by atoms with Gasteiger partial charge in [-0.15, -0.1) is 0 Å². The van der Waals surface area contributed by atoms with Gasteiger partial charge >= 0.3 is 0 Å². The molecule has 0 radical (unpaired) electrons. The number of para-hydroxylation sites is 1. The van der Waals surface area contributed by atoms with Crippen LogP contribution >= 0.6 is 0 Å². The number of benzene rings is 1. The maximum absolute atomic E-state index is 5.82. The molecule has 1 rings (SSSR count). The van der Waals surface area contributed by atoms with Gasteiger partial charge in [0.2, 0.25) is 5.75 Å². The minimum atomic E-state index is -0.456. The summed E-state index contributed by atoms with van der Waals surface area (Å²) in [5, 5.41) is 0. The summed E-state index contributed by atoms with van der Waals surface area (Å²) in [7, 11) is 3.19. The highest BCUT2D eigenvalue weighted by Gasteiger charge is 2.22. The molecule has 0 fully saturated rings. The lowest BCUT2D eigenvalue weighted by Gasteiger charge is -2.26. The third-order valence-electron chi connectivity index (χ3n) is 2.25. The van der Waals surface area contributed by atoms with Gasteiger partial charge in [-0.2, -0.15) is 0 Å². The van der Waals surface area contributed by atoms with E-state index in [2.05, 4.69) is 0 Å². The fourth-order valence-corrected chi connectivity index (χ4v) is 1.24. The van der Waals surface area contributed by atoms with Crippen LogP contribution in [-0.2, 0) is 0 Å². The summed E-state index contributed by atoms with van der Waals surface area (Å²) in [5.41, 5.74) is 5.17. The highest BCUT2D eigenvalue weighted by Crippen LogP contribution is 2.38. The number of hydrogen-bond donors (Lipinski definition) is 1. The van der Waals surface area contributed by atoms with Crippen LogP contribution in [0.15, 0.2) is 18.2 Å². The maximum Gasteiger partial charge on any atom is 0.204 e. The smallest absolute Gasteiger partial charge is 0.204 e. The van der Waals surface area contributed by atoms with Gasteiger partial charge < -0.3 is 19.9 Å². The molecule has 0 atom stereocenters. The van der Waals surface area contributed by atoms with Crippen molar-refractivity contribution < 1.29 is 14.2 Å². The molecule has 0 aliphatic rings. The molecule has 2 N–H and O–H groups in total. The van der Waals surface area contributed by atoms with Gasteiger partial charge in [0.15, 0.2) is 11.5 Å². The molecule has 0 saturated heterocycles. The summed E-state index contributed by atoms with van der Waals surface area (Å²) in [6, 6.07) is 5.49.